The summed E-state index contributed by atoms with van der Waals surface area (Å²) < 4.78 is 0. The van der Waals surface area contributed by atoms with Gasteiger partial charge in [-0.2, -0.15) is 0 Å². The van der Waals surface area contributed by atoms with Crippen molar-refractivity contribution in [2.24, 2.45) is 0 Å². The van der Waals surface area contributed by atoms with Crippen LogP contribution in [0, 0.1) is 0 Å². The normalized spacial score (nSPS) is 31.6. The first-order valence-corrected chi connectivity index (χ1v) is 9.25. The number of fused-ring (bicyclic) bond motifs is 5. The molecule has 2 heterocycles. The van der Waals surface area contributed by atoms with Gasteiger partial charge in [-0.15, -0.1) is 0 Å². The lowest BCUT2D eigenvalue weighted by Gasteiger charge is -2.24. The van der Waals surface area contributed by atoms with Gasteiger partial charge in [0.25, 0.3) is 0 Å². The van der Waals surface area contributed by atoms with Crippen molar-refractivity contribution in [3.63, 3.8) is 0 Å². The van der Waals surface area contributed by atoms with Gasteiger partial charge in [0.2, 0.25) is 0 Å². The third kappa shape index (κ3) is 8.41. The van der Waals surface area contributed by atoms with Crippen LogP contribution in [-0.4, -0.2) is 77.5 Å². The summed E-state index contributed by atoms with van der Waals surface area (Å²) in [7, 11) is 0. The fourth-order valence-corrected chi connectivity index (χ4v) is 3.21. The molecule has 0 unspecified atom stereocenters. The zero-order valence-electron chi connectivity index (χ0n) is 14.1. The smallest absolute Gasteiger partial charge is 0.00917 e. The van der Waals surface area contributed by atoms with Crippen molar-refractivity contribution in [3.05, 3.63) is 0 Å². The standard InChI is InChI=1S/C16H36N6/c1-5-17-9-10-19-7-3-16-4-8-20-12-11-18-6-2-15(1)21-13-14-22-16/h15-22H,1-14H2. The molecule has 0 saturated carbocycles. The first-order valence-electron chi connectivity index (χ1n) is 9.25. The Balaban J connectivity index is 1.86. The van der Waals surface area contributed by atoms with Crippen molar-refractivity contribution in [1.82, 2.24) is 31.9 Å². The largest absolute Gasteiger partial charge is 0.315 e. The van der Waals surface area contributed by atoms with Crippen LogP contribution in [0.2, 0.25) is 0 Å². The molecule has 2 bridgehead atoms. The number of hydrogen-bond donors (Lipinski definition) is 6. The van der Waals surface area contributed by atoms with Crippen LogP contribution in [0.4, 0.5) is 0 Å². The summed E-state index contributed by atoms with van der Waals surface area (Å²) in [6.07, 6.45) is 4.85. The van der Waals surface area contributed by atoms with Gasteiger partial charge in [-0.3, -0.25) is 0 Å². The molecule has 0 radical (unpaired) electrons. The van der Waals surface area contributed by atoms with Crippen LogP contribution in [-0.2, 0) is 0 Å². The predicted molar refractivity (Wildman–Crippen MR) is 93.5 cm³/mol. The fraction of sp³-hybridized carbons (Fsp3) is 1.00. The molecule has 0 amide bonds. The molecule has 2 aliphatic heterocycles. The Morgan fingerprint density at radius 2 is 0.682 bits per heavy atom. The molecule has 2 rings (SSSR count). The predicted octanol–water partition coefficient (Wildman–Crippen LogP) is -1.15. The van der Waals surface area contributed by atoms with E-state index in [4.69, 9.17) is 0 Å². The van der Waals surface area contributed by atoms with E-state index in [-0.39, 0.29) is 0 Å². The van der Waals surface area contributed by atoms with E-state index in [1.807, 2.05) is 0 Å². The number of nitrogens with one attached hydrogen (secondary N) is 6. The topological polar surface area (TPSA) is 72.2 Å². The lowest BCUT2D eigenvalue weighted by molar-refractivity contribution is 0.383. The van der Waals surface area contributed by atoms with E-state index in [2.05, 4.69) is 31.9 Å². The van der Waals surface area contributed by atoms with Gasteiger partial charge in [0.05, 0.1) is 0 Å². The summed E-state index contributed by atoms with van der Waals surface area (Å²) >= 11 is 0. The second kappa shape index (κ2) is 12.2. The molecule has 0 aromatic carbocycles. The summed E-state index contributed by atoms with van der Waals surface area (Å²) in [5.74, 6) is 0. The molecule has 2 aliphatic rings. The minimum absolute atomic E-state index is 0.618. The van der Waals surface area contributed by atoms with Gasteiger partial charge in [0.1, 0.15) is 0 Å². The van der Waals surface area contributed by atoms with Crippen LogP contribution >= 0.6 is 0 Å². The molecule has 0 atom stereocenters. The third-order valence-electron chi connectivity index (χ3n) is 4.63. The first-order chi connectivity index (χ1) is 10.9. The van der Waals surface area contributed by atoms with Crippen molar-refractivity contribution in [2.45, 2.75) is 37.8 Å². The Bertz CT molecular complexity index is 217. The highest BCUT2D eigenvalue weighted by molar-refractivity contribution is 4.75. The Hall–Kier alpha value is -0.240. The van der Waals surface area contributed by atoms with E-state index in [0.29, 0.717) is 12.1 Å². The zero-order chi connectivity index (χ0) is 15.3. The lowest BCUT2D eigenvalue weighted by Crippen LogP contribution is -2.44. The summed E-state index contributed by atoms with van der Waals surface area (Å²) in [5, 5.41) is 21.7. The van der Waals surface area contributed by atoms with Crippen molar-refractivity contribution in [2.75, 3.05) is 65.4 Å². The van der Waals surface area contributed by atoms with Gasteiger partial charge in [-0.1, -0.05) is 0 Å². The lowest BCUT2D eigenvalue weighted by atomic mass is 10.1. The van der Waals surface area contributed by atoms with Gasteiger partial charge >= 0.3 is 0 Å². The van der Waals surface area contributed by atoms with Crippen LogP contribution in [0.1, 0.15) is 25.7 Å². The summed E-state index contributed by atoms with van der Waals surface area (Å²) in [4.78, 5) is 0. The molecular formula is C16H36N6. The van der Waals surface area contributed by atoms with Gasteiger partial charge in [-0.25, -0.2) is 0 Å². The highest BCUT2D eigenvalue weighted by Crippen LogP contribution is 1.99. The maximum atomic E-state index is 3.74. The molecule has 0 aromatic rings. The second-order valence-electron chi connectivity index (χ2n) is 6.46. The molecule has 0 aliphatic carbocycles. The van der Waals surface area contributed by atoms with Crippen molar-refractivity contribution < 1.29 is 0 Å². The van der Waals surface area contributed by atoms with Crippen LogP contribution in [0.3, 0.4) is 0 Å². The Kier molecular flexibility index (Phi) is 10.1. The highest BCUT2D eigenvalue weighted by Gasteiger charge is 2.11. The van der Waals surface area contributed by atoms with Gasteiger partial charge in [0, 0.05) is 51.4 Å². The molecular weight excluding hydrogens is 276 g/mol. The van der Waals surface area contributed by atoms with Crippen LogP contribution in [0.5, 0.6) is 0 Å². The molecule has 2 fully saturated rings. The van der Waals surface area contributed by atoms with E-state index in [1.165, 1.54) is 25.7 Å². The molecule has 6 nitrogen and oxygen atoms in total. The fourth-order valence-electron chi connectivity index (χ4n) is 3.21. The molecule has 0 spiro atoms. The minimum atomic E-state index is 0.618. The summed E-state index contributed by atoms with van der Waals surface area (Å²) in [6.45, 7) is 10.9. The van der Waals surface area contributed by atoms with E-state index < -0.39 is 0 Å². The average Bonchev–Trinajstić information content (AvgIpc) is 2.53. The SMILES string of the molecule is C1CNCCC2CCNCCNCCC(CCN1)NCCN2. The third-order valence-corrected chi connectivity index (χ3v) is 4.63. The number of hydrogen-bond acceptors (Lipinski definition) is 6. The van der Waals surface area contributed by atoms with E-state index in [9.17, 15) is 0 Å². The minimum Gasteiger partial charge on any atom is -0.315 e. The molecule has 6 heteroatoms. The quantitative estimate of drug-likeness (QED) is 0.339. The summed E-state index contributed by atoms with van der Waals surface area (Å²) in [6, 6.07) is 1.24. The van der Waals surface area contributed by atoms with Crippen LogP contribution < -0.4 is 31.9 Å². The van der Waals surface area contributed by atoms with Crippen molar-refractivity contribution in [3.8, 4) is 0 Å². The molecule has 0 aromatic heterocycles. The van der Waals surface area contributed by atoms with E-state index in [1.54, 1.807) is 0 Å². The van der Waals surface area contributed by atoms with Crippen LogP contribution in [0.15, 0.2) is 0 Å². The second-order valence-corrected chi connectivity index (χ2v) is 6.46. The Morgan fingerprint density at radius 3 is 1.00 bits per heavy atom. The van der Waals surface area contributed by atoms with E-state index >= 15 is 0 Å². The average molecular weight is 313 g/mol. The molecule has 130 valence electrons. The van der Waals surface area contributed by atoms with Gasteiger partial charge < -0.3 is 31.9 Å². The van der Waals surface area contributed by atoms with Crippen LogP contribution in [0.25, 0.3) is 0 Å². The first kappa shape index (κ1) is 18.1. The molecule has 2 saturated heterocycles. The highest BCUT2D eigenvalue weighted by atomic mass is 15.0. The van der Waals surface area contributed by atoms with Gasteiger partial charge in [-0.05, 0) is 51.9 Å². The van der Waals surface area contributed by atoms with E-state index in [0.717, 1.165) is 65.4 Å². The Morgan fingerprint density at radius 1 is 0.364 bits per heavy atom. The maximum absolute atomic E-state index is 3.74. The van der Waals surface area contributed by atoms with Crippen molar-refractivity contribution >= 4 is 0 Å². The zero-order valence-corrected chi connectivity index (χ0v) is 14.1. The molecule has 6 N–H and O–H groups in total. The maximum Gasteiger partial charge on any atom is 0.00917 e. The summed E-state index contributed by atoms with van der Waals surface area (Å²) in [5.41, 5.74) is 0. The molecule has 22 heavy (non-hydrogen) atoms. The Labute approximate surface area is 136 Å². The van der Waals surface area contributed by atoms with Crippen molar-refractivity contribution in [1.29, 1.82) is 0 Å². The van der Waals surface area contributed by atoms with Gasteiger partial charge in [0.15, 0.2) is 0 Å². The number of rotatable bonds is 0. The monoisotopic (exact) mass is 312 g/mol.